The van der Waals surface area contributed by atoms with E-state index in [1.807, 2.05) is 61.5 Å². The fourth-order valence-electron chi connectivity index (χ4n) is 4.98. The van der Waals surface area contributed by atoms with Crippen LogP contribution in [0.2, 0.25) is 5.02 Å². The van der Waals surface area contributed by atoms with Crippen LogP contribution in [0.25, 0.3) is 0 Å². The van der Waals surface area contributed by atoms with Crippen molar-refractivity contribution in [2.75, 3.05) is 5.75 Å². The van der Waals surface area contributed by atoms with Crippen molar-refractivity contribution >= 4 is 35.2 Å². The van der Waals surface area contributed by atoms with E-state index in [1.54, 1.807) is 17.0 Å². The normalized spacial score (nSPS) is 14.5. The highest BCUT2D eigenvalue weighted by Gasteiger charge is 2.32. The Morgan fingerprint density at radius 2 is 1.69 bits per heavy atom. The van der Waals surface area contributed by atoms with Crippen molar-refractivity contribution in [3.05, 3.63) is 106 Å². The number of benzene rings is 3. The molecule has 39 heavy (non-hydrogen) atoms. The molecular formula is C32H36ClFN2O2S. The number of carbonyl (C=O) groups excluding carboxylic acids is 2. The zero-order valence-corrected chi connectivity index (χ0v) is 23.9. The fraction of sp³-hybridized carbons (Fsp3) is 0.375. The Morgan fingerprint density at radius 1 is 0.974 bits per heavy atom. The van der Waals surface area contributed by atoms with Gasteiger partial charge < -0.3 is 10.2 Å². The van der Waals surface area contributed by atoms with Gasteiger partial charge in [-0.2, -0.15) is 0 Å². The number of carbonyl (C=O) groups is 2. The lowest BCUT2D eigenvalue weighted by Crippen LogP contribution is -2.53. The summed E-state index contributed by atoms with van der Waals surface area (Å²) < 4.78 is 14.3. The van der Waals surface area contributed by atoms with Crippen molar-refractivity contribution in [2.24, 2.45) is 0 Å². The van der Waals surface area contributed by atoms with Gasteiger partial charge in [-0.25, -0.2) is 4.39 Å². The monoisotopic (exact) mass is 566 g/mol. The van der Waals surface area contributed by atoms with Crippen LogP contribution < -0.4 is 5.32 Å². The Hall–Kier alpha value is -2.83. The van der Waals surface area contributed by atoms with Gasteiger partial charge in [0.1, 0.15) is 11.9 Å². The Balaban J connectivity index is 1.57. The summed E-state index contributed by atoms with van der Waals surface area (Å²) in [5.41, 5.74) is 3.47. The van der Waals surface area contributed by atoms with Crippen LogP contribution in [0.4, 0.5) is 4.39 Å². The number of hydrogen-bond donors (Lipinski definition) is 1. The summed E-state index contributed by atoms with van der Waals surface area (Å²) in [6.45, 7) is 2.34. The maximum Gasteiger partial charge on any atom is 0.243 e. The highest BCUT2D eigenvalue weighted by molar-refractivity contribution is 7.99. The lowest BCUT2D eigenvalue weighted by molar-refractivity contribution is -0.139. The Kier molecular flexibility index (Phi) is 10.9. The molecule has 1 N–H and O–H groups in total. The molecule has 0 unspecified atom stereocenters. The summed E-state index contributed by atoms with van der Waals surface area (Å²) in [5, 5.41) is 3.61. The van der Waals surface area contributed by atoms with Gasteiger partial charge in [0.25, 0.3) is 0 Å². The van der Waals surface area contributed by atoms with Gasteiger partial charge in [-0.15, -0.1) is 11.8 Å². The van der Waals surface area contributed by atoms with Crippen LogP contribution in [0.15, 0.2) is 72.8 Å². The van der Waals surface area contributed by atoms with E-state index in [4.69, 9.17) is 11.6 Å². The predicted octanol–water partition coefficient (Wildman–Crippen LogP) is 7.11. The number of hydrogen-bond acceptors (Lipinski definition) is 3. The molecule has 1 saturated carbocycles. The first-order valence-corrected chi connectivity index (χ1v) is 15.1. The minimum atomic E-state index is -0.666. The van der Waals surface area contributed by atoms with Gasteiger partial charge in [-0.05, 0) is 43.0 Å². The maximum absolute atomic E-state index is 14.3. The van der Waals surface area contributed by atoms with Crippen molar-refractivity contribution in [1.82, 2.24) is 10.2 Å². The van der Waals surface area contributed by atoms with E-state index in [1.165, 1.54) is 24.2 Å². The molecule has 0 saturated heterocycles. The maximum atomic E-state index is 14.3. The van der Waals surface area contributed by atoms with Gasteiger partial charge in [0.2, 0.25) is 11.8 Å². The molecule has 1 atom stereocenters. The van der Waals surface area contributed by atoms with Gasteiger partial charge in [-0.3, -0.25) is 9.59 Å². The molecule has 0 aliphatic heterocycles. The van der Waals surface area contributed by atoms with Crippen molar-refractivity contribution in [3.8, 4) is 0 Å². The summed E-state index contributed by atoms with van der Waals surface area (Å²) in [5.74, 6) is -0.278. The van der Waals surface area contributed by atoms with Gasteiger partial charge in [-0.1, -0.05) is 97.1 Å². The van der Waals surface area contributed by atoms with Crippen molar-refractivity contribution in [1.29, 1.82) is 0 Å². The van der Waals surface area contributed by atoms with Crippen LogP contribution in [-0.4, -0.2) is 34.6 Å². The van der Waals surface area contributed by atoms with Gasteiger partial charge in [0.05, 0.1) is 5.75 Å². The van der Waals surface area contributed by atoms with Crippen LogP contribution in [0.1, 0.15) is 54.4 Å². The lowest BCUT2D eigenvalue weighted by Gasteiger charge is -2.33. The molecule has 1 fully saturated rings. The largest absolute Gasteiger partial charge is 0.352 e. The third-order valence-electron chi connectivity index (χ3n) is 7.23. The molecule has 2 amide bonds. The van der Waals surface area contributed by atoms with Crippen LogP contribution in [0, 0.1) is 12.7 Å². The van der Waals surface area contributed by atoms with E-state index < -0.39 is 6.04 Å². The molecule has 0 radical (unpaired) electrons. The zero-order valence-electron chi connectivity index (χ0n) is 22.4. The summed E-state index contributed by atoms with van der Waals surface area (Å²) in [6.07, 6.45) is 5.76. The third-order valence-corrected chi connectivity index (χ3v) is 8.53. The number of rotatable bonds is 11. The SMILES string of the molecule is Cc1ccc(CN(C(=O)CSCc2c(F)cccc2Cl)[C@@H](Cc2ccccc2)C(=O)NC2CCCCC2)cc1. The van der Waals surface area contributed by atoms with Gasteiger partial charge >= 0.3 is 0 Å². The van der Waals surface area contributed by atoms with Crippen LogP contribution in [0.5, 0.6) is 0 Å². The summed E-state index contributed by atoms with van der Waals surface area (Å²) >= 11 is 7.51. The van der Waals surface area contributed by atoms with Crippen LogP contribution >= 0.6 is 23.4 Å². The van der Waals surface area contributed by atoms with E-state index in [9.17, 15) is 14.0 Å². The second kappa shape index (κ2) is 14.5. The Labute approximate surface area is 240 Å². The highest BCUT2D eigenvalue weighted by Crippen LogP contribution is 2.25. The standard InChI is InChI=1S/C32H36ClFN2O2S/c1-23-15-17-25(18-16-23)20-36(31(37)22-39-21-27-28(33)13-8-14-29(27)34)30(19-24-9-4-2-5-10-24)32(38)35-26-11-6-3-7-12-26/h2,4-5,8-10,13-18,26,30H,3,6-7,11-12,19-22H2,1H3,(H,35,38)/t30-/m0/s1. The summed E-state index contributed by atoms with van der Waals surface area (Å²) in [6, 6.07) is 21.9. The van der Waals surface area contributed by atoms with Crippen molar-refractivity contribution < 1.29 is 14.0 Å². The number of nitrogens with zero attached hydrogens (tertiary/aromatic N) is 1. The first-order valence-electron chi connectivity index (χ1n) is 13.6. The minimum absolute atomic E-state index is 0.110. The smallest absolute Gasteiger partial charge is 0.243 e. The quantitative estimate of drug-likeness (QED) is 0.269. The topological polar surface area (TPSA) is 49.4 Å². The number of aryl methyl sites for hydroxylation is 1. The molecule has 4 rings (SSSR count). The first kappa shape index (κ1) is 29.2. The first-order chi connectivity index (χ1) is 18.9. The van der Waals surface area contributed by atoms with E-state index in [2.05, 4.69) is 5.32 Å². The average Bonchev–Trinajstić information content (AvgIpc) is 2.94. The second-order valence-corrected chi connectivity index (χ2v) is 11.6. The molecule has 3 aromatic carbocycles. The van der Waals surface area contributed by atoms with E-state index >= 15 is 0 Å². The molecule has 0 aromatic heterocycles. The Morgan fingerprint density at radius 3 is 2.38 bits per heavy atom. The van der Waals surface area contributed by atoms with Crippen molar-refractivity contribution in [3.63, 3.8) is 0 Å². The van der Waals surface area contributed by atoms with Crippen LogP contribution in [0.3, 0.4) is 0 Å². The second-order valence-electron chi connectivity index (χ2n) is 10.2. The van der Waals surface area contributed by atoms with E-state index in [0.717, 1.165) is 42.4 Å². The molecule has 0 spiro atoms. The molecule has 1 aliphatic rings. The summed E-state index contributed by atoms with van der Waals surface area (Å²) in [4.78, 5) is 29.3. The minimum Gasteiger partial charge on any atom is -0.352 e. The van der Waals surface area contributed by atoms with Gasteiger partial charge in [0.15, 0.2) is 0 Å². The van der Waals surface area contributed by atoms with Crippen LogP contribution in [-0.2, 0) is 28.3 Å². The summed E-state index contributed by atoms with van der Waals surface area (Å²) in [7, 11) is 0. The molecule has 0 bridgehead atoms. The number of thioether (sulfide) groups is 1. The molecule has 7 heteroatoms. The van der Waals surface area contributed by atoms with Gasteiger partial charge in [0, 0.05) is 35.3 Å². The number of nitrogens with one attached hydrogen (secondary N) is 1. The zero-order chi connectivity index (χ0) is 27.6. The highest BCUT2D eigenvalue weighted by atomic mass is 35.5. The molecule has 3 aromatic rings. The predicted molar refractivity (Wildman–Crippen MR) is 158 cm³/mol. The molecular weight excluding hydrogens is 531 g/mol. The van der Waals surface area contributed by atoms with E-state index in [-0.39, 0.29) is 35.2 Å². The number of halogens is 2. The van der Waals surface area contributed by atoms with E-state index in [0.29, 0.717) is 23.6 Å². The lowest BCUT2D eigenvalue weighted by atomic mass is 9.94. The molecule has 1 aliphatic carbocycles. The molecule has 0 heterocycles. The van der Waals surface area contributed by atoms with Crippen molar-refractivity contribution in [2.45, 2.75) is 69.8 Å². The fourth-order valence-corrected chi connectivity index (χ4v) is 6.23. The third kappa shape index (κ3) is 8.58. The molecule has 206 valence electrons. The average molecular weight is 567 g/mol. The number of amides is 2. The Bertz CT molecular complexity index is 1210. The molecule has 4 nitrogen and oxygen atoms in total.